The highest BCUT2D eigenvalue weighted by Crippen LogP contribution is 2.30. The number of nitrogens with one attached hydrogen (secondary N) is 1. The van der Waals surface area contributed by atoms with E-state index < -0.39 is 0 Å². The van der Waals surface area contributed by atoms with Crippen LogP contribution in [0.4, 0.5) is 5.69 Å². The van der Waals surface area contributed by atoms with Gasteiger partial charge in [0.25, 0.3) is 11.8 Å². The van der Waals surface area contributed by atoms with Gasteiger partial charge in [0.05, 0.1) is 44.4 Å². The van der Waals surface area contributed by atoms with Crippen LogP contribution in [0, 0.1) is 0 Å². The second kappa shape index (κ2) is 14.0. The molecular weight excluding hydrogens is 596 g/mol. The zero-order valence-electron chi connectivity index (χ0n) is 26.5. The van der Waals surface area contributed by atoms with Crippen molar-refractivity contribution in [2.75, 3.05) is 83.7 Å². The minimum atomic E-state index is -0.314. The summed E-state index contributed by atoms with van der Waals surface area (Å²) in [4.78, 5) is 48.5. The fourth-order valence-corrected chi connectivity index (χ4v) is 6.61. The zero-order valence-corrected chi connectivity index (χ0v) is 26.5. The third-order valence-electron chi connectivity index (χ3n) is 9.07. The second-order valence-corrected chi connectivity index (χ2v) is 12.0. The number of imidazole rings is 1. The van der Waals surface area contributed by atoms with Gasteiger partial charge in [-0.05, 0) is 35.9 Å². The van der Waals surface area contributed by atoms with Crippen LogP contribution in [0.5, 0.6) is 0 Å². The molecule has 47 heavy (non-hydrogen) atoms. The summed E-state index contributed by atoms with van der Waals surface area (Å²) < 4.78 is 14.3. The first-order valence-electron chi connectivity index (χ1n) is 16.4. The molecule has 3 saturated heterocycles. The Morgan fingerprint density at radius 2 is 1.34 bits per heavy atom. The molecule has 0 saturated carbocycles. The van der Waals surface area contributed by atoms with Crippen molar-refractivity contribution in [1.29, 1.82) is 0 Å². The monoisotopic (exact) mass is 636 g/mol. The van der Waals surface area contributed by atoms with Gasteiger partial charge < -0.3 is 29.5 Å². The van der Waals surface area contributed by atoms with Gasteiger partial charge in [0.2, 0.25) is 0 Å². The average Bonchev–Trinajstić information content (AvgIpc) is 3.43. The van der Waals surface area contributed by atoms with Gasteiger partial charge in [-0.3, -0.25) is 18.7 Å². The molecule has 3 aliphatic heterocycles. The minimum absolute atomic E-state index is 0.0675. The topological polar surface area (TPSA) is 101 Å². The third kappa shape index (κ3) is 6.47. The zero-order chi connectivity index (χ0) is 32.2. The van der Waals surface area contributed by atoms with Crippen LogP contribution < -0.4 is 15.9 Å². The molecular formula is C36H40N6O5. The first-order chi connectivity index (χ1) is 23.1. The molecule has 0 bridgehead atoms. The number of carbonyl (C=O) groups is 2. The summed E-state index contributed by atoms with van der Waals surface area (Å²) in [6.45, 7) is 7.51. The lowest BCUT2D eigenvalue weighted by atomic mass is 10.1. The van der Waals surface area contributed by atoms with Crippen molar-refractivity contribution in [3.63, 3.8) is 0 Å². The maximum atomic E-state index is 14.7. The lowest BCUT2D eigenvalue weighted by Crippen LogP contribution is -2.47. The van der Waals surface area contributed by atoms with Gasteiger partial charge in [0.1, 0.15) is 5.69 Å². The number of hydrogen-bond acceptors (Lipinski definition) is 7. The van der Waals surface area contributed by atoms with Crippen LogP contribution in [-0.4, -0.2) is 110 Å². The number of piperazine rings is 1. The fraction of sp³-hybridized carbons (Fsp3) is 0.361. The Kier molecular flexibility index (Phi) is 9.18. The molecule has 3 aromatic carbocycles. The van der Waals surface area contributed by atoms with E-state index in [0.717, 1.165) is 29.9 Å². The number of nitrogens with zero attached hydrogens (tertiary/aromatic N) is 5. The fourth-order valence-electron chi connectivity index (χ4n) is 6.61. The molecule has 1 aromatic heterocycles. The van der Waals surface area contributed by atoms with Crippen molar-refractivity contribution in [2.45, 2.75) is 6.54 Å². The number of rotatable bonds is 7. The highest BCUT2D eigenvalue weighted by Gasteiger charge is 2.31. The number of aromatic nitrogens is 2. The number of benzene rings is 3. The molecule has 0 atom stereocenters. The van der Waals surface area contributed by atoms with Crippen molar-refractivity contribution in [2.24, 2.45) is 0 Å². The number of amides is 2. The summed E-state index contributed by atoms with van der Waals surface area (Å²) in [6.07, 6.45) is 0. The van der Waals surface area contributed by atoms with E-state index in [1.165, 1.54) is 0 Å². The highest BCUT2D eigenvalue weighted by molar-refractivity contribution is 5.99. The standard InChI is InChI=1S/C36H40N6O5/c43-34(40-18-22-47-23-19-40)29-9-4-6-27(24-29)26-41-33(35(44)39-14-12-37-13-15-39)32(28-7-2-1-3-8-28)42(36(41)45)31-11-5-10-30(25-31)38-16-20-46-21-17-38/h1-11,24-25,37H,12-23,26H2. The van der Waals surface area contributed by atoms with Gasteiger partial charge >= 0.3 is 5.69 Å². The normalized spacial score (nSPS) is 17.1. The van der Waals surface area contributed by atoms with Crippen LogP contribution in [0.1, 0.15) is 26.4 Å². The summed E-state index contributed by atoms with van der Waals surface area (Å²) >= 11 is 0. The van der Waals surface area contributed by atoms with Crippen molar-refractivity contribution in [3.05, 3.63) is 106 Å². The maximum absolute atomic E-state index is 14.7. The molecule has 7 rings (SSSR count). The van der Waals surface area contributed by atoms with Crippen molar-refractivity contribution >= 4 is 17.5 Å². The predicted molar refractivity (Wildman–Crippen MR) is 180 cm³/mol. The van der Waals surface area contributed by atoms with Gasteiger partial charge in [0.15, 0.2) is 0 Å². The summed E-state index contributed by atoms with van der Waals surface area (Å²) in [5.74, 6) is -0.256. The van der Waals surface area contributed by atoms with Crippen LogP contribution in [0.25, 0.3) is 16.9 Å². The van der Waals surface area contributed by atoms with Gasteiger partial charge in [0, 0.05) is 69.2 Å². The number of carbonyl (C=O) groups excluding carboxylic acids is 2. The summed E-state index contributed by atoms with van der Waals surface area (Å²) in [5, 5.41) is 3.32. The highest BCUT2D eigenvalue weighted by atomic mass is 16.5. The lowest BCUT2D eigenvalue weighted by Gasteiger charge is -2.29. The largest absolute Gasteiger partial charge is 0.378 e. The Balaban J connectivity index is 1.37. The summed E-state index contributed by atoms with van der Waals surface area (Å²) in [5.41, 5.74) is 4.34. The van der Waals surface area contributed by atoms with E-state index in [0.29, 0.717) is 88.3 Å². The predicted octanol–water partition coefficient (Wildman–Crippen LogP) is 2.71. The van der Waals surface area contributed by atoms with Gasteiger partial charge in [-0.2, -0.15) is 0 Å². The van der Waals surface area contributed by atoms with E-state index in [2.05, 4.69) is 10.2 Å². The molecule has 0 aliphatic carbocycles. The second-order valence-electron chi connectivity index (χ2n) is 12.0. The Bertz CT molecular complexity index is 1780. The third-order valence-corrected chi connectivity index (χ3v) is 9.07. The SMILES string of the molecule is O=C(c1cccc(Cn2c(C(=O)N3CCNCC3)c(-c3ccccc3)n(-c3cccc(N4CCOCC4)c3)c2=O)c1)N1CCOCC1. The summed E-state index contributed by atoms with van der Waals surface area (Å²) in [6, 6.07) is 25.0. The average molecular weight is 637 g/mol. The molecule has 3 aliphatic rings. The maximum Gasteiger partial charge on any atom is 0.334 e. The van der Waals surface area contributed by atoms with Gasteiger partial charge in [-0.15, -0.1) is 0 Å². The van der Waals surface area contributed by atoms with E-state index in [1.807, 2.05) is 77.7 Å². The number of morpholine rings is 2. The van der Waals surface area contributed by atoms with Crippen LogP contribution in [0.3, 0.4) is 0 Å². The molecule has 11 nitrogen and oxygen atoms in total. The lowest BCUT2D eigenvalue weighted by molar-refractivity contribution is 0.0303. The molecule has 3 fully saturated rings. The van der Waals surface area contributed by atoms with E-state index in [-0.39, 0.29) is 24.0 Å². The molecule has 1 N–H and O–H groups in total. The first kappa shape index (κ1) is 30.9. The Hall–Kier alpha value is -4.71. The molecule has 0 radical (unpaired) electrons. The van der Waals surface area contributed by atoms with Crippen molar-refractivity contribution in [3.8, 4) is 16.9 Å². The van der Waals surface area contributed by atoms with Gasteiger partial charge in [-0.25, -0.2) is 4.79 Å². The Morgan fingerprint density at radius 1 is 0.681 bits per heavy atom. The molecule has 0 spiro atoms. The molecule has 4 aromatic rings. The number of anilines is 1. The van der Waals surface area contributed by atoms with E-state index in [1.54, 1.807) is 20.1 Å². The van der Waals surface area contributed by atoms with Crippen molar-refractivity contribution < 1.29 is 19.1 Å². The Labute approximate surface area is 273 Å². The number of ether oxygens (including phenoxy) is 2. The van der Waals surface area contributed by atoms with Crippen LogP contribution in [0.15, 0.2) is 83.7 Å². The van der Waals surface area contributed by atoms with Crippen molar-refractivity contribution in [1.82, 2.24) is 24.3 Å². The smallest absolute Gasteiger partial charge is 0.334 e. The molecule has 11 heteroatoms. The minimum Gasteiger partial charge on any atom is -0.378 e. The number of hydrogen-bond donors (Lipinski definition) is 1. The molecule has 4 heterocycles. The molecule has 244 valence electrons. The molecule has 0 unspecified atom stereocenters. The van der Waals surface area contributed by atoms with Crippen LogP contribution in [-0.2, 0) is 16.0 Å². The van der Waals surface area contributed by atoms with Crippen LogP contribution >= 0.6 is 0 Å². The summed E-state index contributed by atoms with van der Waals surface area (Å²) in [7, 11) is 0. The molecule has 2 amide bonds. The quantitative estimate of drug-likeness (QED) is 0.333. The van der Waals surface area contributed by atoms with E-state index in [9.17, 15) is 14.4 Å². The van der Waals surface area contributed by atoms with Crippen LogP contribution in [0.2, 0.25) is 0 Å². The first-order valence-corrected chi connectivity index (χ1v) is 16.4. The van der Waals surface area contributed by atoms with Gasteiger partial charge in [-0.1, -0.05) is 48.5 Å². The Morgan fingerprint density at radius 3 is 2.09 bits per heavy atom. The van der Waals surface area contributed by atoms with E-state index in [4.69, 9.17) is 9.47 Å². The van der Waals surface area contributed by atoms with E-state index >= 15 is 0 Å².